The molecule has 0 spiro atoms. The summed E-state index contributed by atoms with van der Waals surface area (Å²) in [7, 11) is 0. The maximum Gasteiger partial charge on any atom is 0.0685 e. The fraction of sp³-hybridized carbons (Fsp3) is 0.471. The van der Waals surface area contributed by atoms with E-state index in [1.165, 1.54) is 11.1 Å². The van der Waals surface area contributed by atoms with E-state index in [0.717, 1.165) is 18.7 Å². The van der Waals surface area contributed by atoms with Crippen LogP contribution in [0.1, 0.15) is 49.2 Å². The van der Waals surface area contributed by atoms with Crippen molar-refractivity contribution in [1.82, 2.24) is 15.1 Å². The van der Waals surface area contributed by atoms with Gasteiger partial charge in [0.05, 0.1) is 17.8 Å². The van der Waals surface area contributed by atoms with Crippen LogP contribution in [0, 0.1) is 13.8 Å². The second kappa shape index (κ2) is 6.71. The van der Waals surface area contributed by atoms with Crippen LogP contribution in [0.2, 0.25) is 0 Å². The molecule has 0 saturated carbocycles. The van der Waals surface area contributed by atoms with Gasteiger partial charge in [0.15, 0.2) is 0 Å². The van der Waals surface area contributed by atoms with Crippen LogP contribution in [0.4, 0.5) is 0 Å². The predicted octanol–water partition coefficient (Wildman–Crippen LogP) is 3.80. The number of hydrogen-bond acceptors (Lipinski definition) is 2. The zero-order valence-corrected chi connectivity index (χ0v) is 12.9. The third kappa shape index (κ3) is 3.48. The number of aromatic nitrogens is 2. The summed E-state index contributed by atoms with van der Waals surface area (Å²) in [5, 5.41) is 8.21. The summed E-state index contributed by atoms with van der Waals surface area (Å²) in [6.45, 7) is 9.59. The van der Waals surface area contributed by atoms with Gasteiger partial charge in [-0.1, -0.05) is 36.8 Å². The summed E-state index contributed by atoms with van der Waals surface area (Å²) in [4.78, 5) is 0. The third-order valence-electron chi connectivity index (χ3n) is 3.69. The van der Waals surface area contributed by atoms with E-state index in [2.05, 4.69) is 72.4 Å². The van der Waals surface area contributed by atoms with E-state index in [1.807, 2.05) is 6.92 Å². The predicted molar refractivity (Wildman–Crippen MR) is 83.9 cm³/mol. The molecule has 0 amide bonds. The van der Waals surface area contributed by atoms with Gasteiger partial charge in [-0.05, 0) is 45.4 Å². The molecule has 0 saturated heterocycles. The number of aryl methyl sites for hydroxylation is 2. The van der Waals surface area contributed by atoms with Crippen molar-refractivity contribution in [2.45, 2.75) is 46.2 Å². The van der Waals surface area contributed by atoms with Gasteiger partial charge >= 0.3 is 0 Å². The van der Waals surface area contributed by atoms with Crippen LogP contribution in [0.5, 0.6) is 0 Å². The summed E-state index contributed by atoms with van der Waals surface area (Å²) in [5.41, 5.74) is 3.69. The molecule has 3 nitrogen and oxygen atoms in total. The Morgan fingerprint density at radius 3 is 2.40 bits per heavy atom. The first-order valence-electron chi connectivity index (χ1n) is 7.43. The quantitative estimate of drug-likeness (QED) is 0.866. The topological polar surface area (TPSA) is 29.9 Å². The lowest BCUT2D eigenvalue weighted by atomic mass is 9.99. The van der Waals surface area contributed by atoms with Gasteiger partial charge in [-0.2, -0.15) is 5.10 Å². The fourth-order valence-corrected chi connectivity index (χ4v) is 2.45. The minimum atomic E-state index is 0.287. The Balaban J connectivity index is 2.24. The van der Waals surface area contributed by atoms with Crippen molar-refractivity contribution in [3.63, 3.8) is 0 Å². The van der Waals surface area contributed by atoms with Crippen LogP contribution in [-0.2, 0) is 0 Å². The Bertz CT molecular complexity index is 527. The third-order valence-corrected chi connectivity index (χ3v) is 3.69. The molecule has 2 atom stereocenters. The van der Waals surface area contributed by atoms with Crippen LogP contribution < -0.4 is 5.32 Å². The monoisotopic (exact) mass is 271 g/mol. The van der Waals surface area contributed by atoms with E-state index >= 15 is 0 Å². The highest BCUT2D eigenvalue weighted by molar-refractivity contribution is 5.25. The molecule has 108 valence electrons. The molecule has 1 heterocycles. The SMILES string of the molecule is CCCNC(c1ccc(C)cc1)C(C)n1ccc(C)n1. The van der Waals surface area contributed by atoms with E-state index in [0.29, 0.717) is 0 Å². The van der Waals surface area contributed by atoms with Gasteiger partial charge in [0.25, 0.3) is 0 Å². The van der Waals surface area contributed by atoms with E-state index in [1.54, 1.807) is 0 Å². The zero-order chi connectivity index (χ0) is 14.5. The van der Waals surface area contributed by atoms with Gasteiger partial charge in [-0.3, -0.25) is 4.68 Å². The Morgan fingerprint density at radius 1 is 1.15 bits per heavy atom. The van der Waals surface area contributed by atoms with E-state index in [4.69, 9.17) is 0 Å². The molecular formula is C17H25N3. The van der Waals surface area contributed by atoms with E-state index < -0.39 is 0 Å². The molecule has 0 radical (unpaired) electrons. The molecule has 1 aromatic carbocycles. The minimum Gasteiger partial charge on any atom is -0.308 e. The molecule has 0 fully saturated rings. The summed E-state index contributed by atoms with van der Waals surface area (Å²) in [6, 6.07) is 11.4. The average molecular weight is 271 g/mol. The lowest BCUT2D eigenvalue weighted by molar-refractivity contribution is 0.353. The van der Waals surface area contributed by atoms with Crippen LogP contribution in [0.15, 0.2) is 36.5 Å². The standard InChI is InChI=1S/C17H25N3/c1-5-11-18-17(16-8-6-13(2)7-9-16)15(4)20-12-10-14(3)19-20/h6-10,12,15,17-18H,5,11H2,1-4H3. The number of hydrogen-bond donors (Lipinski definition) is 1. The van der Waals surface area contributed by atoms with E-state index in [-0.39, 0.29) is 12.1 Å². The molecule has 1 N–H and O–H groups in total. The molecular weight excluding hydrogens is 246 g/mol. The molecule has 2 aromatic rings. The molecule has 3 heteroatoms. The lowest BCUT2D eigenvalue weighted by Crippen LogP contribution is -2.29. The second-order valence-corrected chi connectivity index (χ2v) is 5.52. The van der Waals surface area contributed by atoms with Crippen LogP contribution >= 0.6 is 0 Å². The van der Waals surface area contributed by atoms with Crippen molar-refractivity contribution >= 4 is 0 Å². The molecule has 1 aromatic heterocycles. The first-order valence-corrected chi connectivity index (χ1v) is 7.43. The molecule has 0 aliphatic heterocycles. The van der Waals surface area contributed by atoms with Crippen molar-refractivity contribution in [3.8, 4) is 0 Å². The van der Waals surface area contributed by atoms with Crippen molar-refractivity contribution in [3.05, 3.63) is 53.3 Å². The van der Waals surface area contributed by atoms with Crippen LogP contribution in [0.3, 0.4) is 0 Å². The van der Waals surface area contributed by atoms with Gasteiger partial charge in [0, 0.05) is 6.20 Å². The first kappa shape index (κ1) is 14.8. The molecule has 2 unspecified atom stereocenters. The Morgan fingerprint density at radius 2 is 1.85 bits per heavy atom. The summed E-state index contributed by atoms with van der Waals surface area (Å²) >= 11 is 0. The van der Waals surface area contributed by atoms with Crippen molar-refractivity contribution in [1.29, 1.82) is 0 Å². The Kier molecular flexibility index (Phi) is 4.96. The summed E-state index contributed by atoms with van der Waals surface area (Å²) < 4.78 is 2.06. The molecule has 20 heavy (non-hydrogen) atoms. The zero-order valence-electron chi connectivity index (χ0n) is 12.9. The highest BCUT2D eigenvalue weighted by atomic mass is 15.3. The second-order valence-electron chi connectivity index (χ2n) is 5.52. The van der Waals surface area contributed by atoms with Crippen LogP contribution in [-0.4, -0.2) is 16.3 Å². The number of rotatable bonds is 6. The normalized spacial score (nSPS) is 14.2. The highest BCUT2D eigenvalue weighted by Crippen LogP contribution is 2.26. The summed E-state index contributed by atoms with van der Waals surface area (Å²) in [5.74, 6) is 0. The smallest absolute Gasteiger partial charge is 0.0685 e. The maximum atomic E-state index is 4.56. The number of nitrogens with zero attached hydrogens (tertiary/aromatic N) is 2. The Hall–Kier alpha value is -1.61. The van der Waals surface area contributed by atoms with Gasteiger partial charge < -0.3 is 5.32 Å². The van der Waals surface area contributed by atoms with Crippen molar-refractivity contribution < 1.29 is 0 Å². The minimum absolute atomic E-state index is 0.287. The molecule has 0 aliphatic carbocycles. The number of nitrogens with one attached hydrogen (secondary N) is 1. The average Bonchev–Trinajstić information content (AvgIpc) is 2.87. The molecule has 0 aliphatic rings. The van der Waals surface area contributed by atoms with Crippen molar-refractivity contribution in [2.75, 3.05) is 6.54 Å². The van der Waals surface area contributed by atoms with Gasteiger partial charge in [0.2, 0.25) is 0 Å². The van der Waals surface area contributed by atoms with Gasteiger partial charge in [-0.25, -0.2) is 0 Å². The molecule has 0 bridgehead atoms. The fourth-order valence-electron chi connectivity index (χ4n) is 2.45. The lowest BCUT2D eigenvalue weighted by Gasteiger charge is -2.26. The highest BCUT2D eigenvalue weighted by Gasteiger charge is 2.20. The Labute approximate surface area is 122 Å². The van der Waals surface area contributed by atoms with Gasteiger partial charge in [-0.15, -0.1) is 0 Å². The maximum absolute atomic E-state index is 4.56. The summed E-state index contributed by atoms with van der Waals surface area (Å²) in [6.07, 6.45) is 3.20. The largest absolute Gasteiger partial charge is 0.308 e. The van der Waals surface area contributed by atoms with Crippen LogP contribution in [0.25, 0.3) is 0 Å². The molecule has 2 rings (SSSR count). The van der Waals surface area contributed by atoms with E-state index in [9.17, 15) is 0 Å². The van der Waals surface area contributed by atoms with Crippen molar-refractivity contribution in [2.24, 2.45) is 0 Å². The number of benzene rings is 1. The first-order chi connectivity index (χ1) is 9.61. The van der Waals surface area contributed by atoms with Gasteiger partial charge in [0.1, 0.15) is 0 Å².